The van der Waals surface area contributed by atoms with Gasteiger partial charge in [-0.1, -0.05) is 29.4 Å². The maximum Gasteiger partial charge on any atom is 0.312 e. The molecule has 0 fully saturated rings. The minimum absolute atomic E-state index is 0.0452. The predicted molar refractivity (Wildman–Crippen MR) is 97.6 cm³/mol. The average molecular weight is 398 g/mol. The maximum atomic E-state index is 12.1. The number of nitrogens with zero attached hydrogens (tertiary/aromatic N) is 3. The molecule has 0 saturated carbocycles. The lowest BCUT2D eigenvalue weighted by atomic mass is 10.3. The Balaban J connectivity index is 1.99. The van der Waals surface area contributed by atoms with Crippen LogP contribution in [0, 0.1) is 0 Å². The highest BCUT2D eigenvalue weighted by atomic mass is 35.5. The molecule has 2 rings (SSSR count). The van der Waals surface area contributed by atoms with Crippen LogP contribution in [-0.4, -0.2) is 39.1 Å². The number of hydrogen-bond donors (Lipinski definition) is 2. The van der Waals surface area contributed by atoms with Crippen molar-refractivity contribution in [2.75, 3.05) is 23.5 Å². The number of hydrogen-bond acceptors (Lipinski definition) is 8. The Kier molecular flexibility index (Phi) is 6.98. The molecule has 1 heterocycles. The van der Waals surface area contributed by atoms with Crippen LogP contribution in [0.4, 0.5) is 5.69 Å². The molecule has 1 aromatic heterocycles. The van der Waals surface area contributed by atoms with Crippen molar-refractivity contribution in [3.05, 3.63) is 45.3 Å². The van der Waals surface area contributed by atoms with Crippen LogP contribution in [-0.2, 0) is 20.7 Å². The van der Waals surface area contributed by atoms with Crippen LogP contribution in [0.1, 0.15) is 12.6 Å². The number of amides is 1. The van der Waals surface area contributed by atoms with Crippen molar-refractivity contribution >= 4 is 40.9 Å². The largest absolute Gasteiger partial charge is 0.466 e. The second-order valence-corrected chi connectivity index (χ2v) is 6.31. The first kappa shape index (κ1) is 19.7. The standard InChI is InChI=1S/C15H16ClN5O4S/c1-2-25-13(23)7-11-14(24)21(17)15(20-19-11)26-8-12(22)18-10-5-3-4-9(16)6-10/h3-6H,2,7-8,17H2,1H3,(H,18,22). The van der Waals surface area contributed by atoms with Crippen molar-refractivity contribution < 1.29 is 14.3 Å². The molecule has 0 atom stereocenters. The van der Waals surface area contributed by atoms with Crippen LogP contribution in [0.25, 0.3) is 0 Å². The molecule has 3 N–H and O–H groups in total. The van der Waals surface area contributed by atoms with E-state index in [0.29, 0.717) is 10.7 Å². The van der Waals surface area contributed by atoms with E-state index in [1.165, 1.54) is 0 Å². The third-order valence-corrected chi connectivity index (χ3v) is 4.16. The van der Waals surface area contributed by atoms with Gasteiger partial charge in [0.15, 0.2) is 0 Å². The van der Waals surface area contributed by atoms with Gasteiger partial charge >= 0.3 is 5.97 Å². The Bertz CT molecular complexity index is 873. The molecule has 0 aliphatic carbocycles. The number of anilines is 1. The molecule has 0 aliphatic rings. The summed E-state index contributed by atoms with van der Waals surface area (Å²) in [5.74, 6) is 4.70. The van der Waals surface area contributed by atoms with Gasteiger partial charge in [-0.15, -0.1) is 10.2 Å². The summed E-state index contributed by atoms with van der Waals surface area (Å²) in [4.78, 5) is 35.5. The minimum Gasteiger partial charge on any atom is -0.466 e. The molecule has 1 aromatic carbocycles. The Morgan fingerprint density at radius 3 is 2.85 bits per heavy atom. The first-order valence-electron chi connectivity index (χ1n) is 7.48. The second kappa shape index (κ2) is 9.20. The summed E-state index contributed by atoms with van der Waals surface area (Å²) in [6.07, 6.45) is -0.322. The number of rotatable bonds is 7. The van der Waals surface area contributed by atoms with Gasteiger partial charge in [0.25, 0.3) is 5.56 Å². The number of thioether (sulfide) groups is 1. The minimum atomic E-state index is -0.675. The van der Waals surface area contributed by atoms with Gasteiger partial charge in [-0.05, 0) is 25.1 Å². The fourth-order valence-electron chi connectivity index (χ4n) is 1.87. The van der Waals surface area contributed by atoms with Gasteiger partial charge in [0.2, 0.25) is 11.1 Å². The smallest absolute Gasteiger partial charge is 0.312 e. The summed E-state index contributed by atoms with van der Waals surface area (Å²) >= 11 is 6.78. The summed E-state index contributed by atoms with van der Waals surface area (Å²) in [6.45, 7) is 1.84. The molecule has 2 aromatic rings. The number of benzene rings is 1. The molecule has 0 unspecified atom stereocenters. The highest BCUT2D eigenvalue weighted by Crippen LogP contribution is 2.16. The van der Waals surface area contributed by atoms with Gasteiger partial charge in [0.05, 0.1) is 18.8 Å². The number of nitrogen functional groups attached to an aromatic ring is 1. The van der Waals surface area contributed by atoms with E-state index in [4.69, 9.17) is 22.2 Å². The normalized spacial score (nSPS) is 10.4. The number of halogens is 1. The molecule has 0 bridgehead atoms. The number of carbonyl (C=O) groups is 2. The zero-order chi connectivity index (χ0) is 19.1. The van der Waals surface area contributed by atoms with Crippen molar-refractivity contribution in [3.8, 4) is 0 Å². The highest BCUT2D eigenvalue weighted by molar-refractivity contribution is 7.99. The van der Waals surface area contributed by atoms with Gasteiger partial charge in [-0.25, -0.2) is 0 Å². The number of ether oxygens (including phenoxy) is 1. The molecule has 0 aliphatic heterocycles. The molecule has 138 valence electrons. The van der Waals surface area contributed by atoms with Gasteiger partial charge in [-0.2, -0.15) is 4.68 Å². The van der Waals surface area contributed by atoms with Gasteiger partial charge in [0, 0.05) is 10.7 Å². The Labute approximate surface area is 157 Å². The highest BCUT2D eigenvalue weighted by Gasteiger charge is 2.15. The quantitative estimate of drug-likeness (QED) is 0.399. The van der Waals surface area contributed by atoms with Gasteiger partial charge in [0.1, 0.15) is 5.69 Å². The van der Waals surface area contributed by atoms with Gasteiger partial charge in [-0.3, -0.25) is 14.4 Å². The fraction of sp³-hybridized carbons (Fsp3) is 0.267. The molecular formula is C15H16ClN5O4S. The van der Waals surface area contributed by atoms with Crippen LogP contribution < -0.4 is 16.7 Å². The Morgan fingerprint density at radius 2 is 2.15 bits per heavy atom. The number of aromatic nitrogens is 3. The number of nitrogens with two attached hydrogens (primary N) is 1. The van der Waals surface area contributed by atoms with Crippen molar-refractivity contribution in [1.29, 1.82) is 0 Å². The third kappa shape index (κ3) is 5.46. The molecular weight excluding hydrogens is 382 g/mol. The first-order valence-corrected chi connectivity index (χ1v) is 8.84. The summed E-state index contributed by atoms with van der Waals surface area (Å²) < 4.78 is 5.50. The Morgan fingerprint density at radius 1 is 1.38 bits per heavy atom. The van der Waals surface area contributed by atoms with Crippen molar-refractivity contribution in [3.63, 3.8) is 0 Å². The molecule has 0 saturated heterocycles. The van der Waals surface area contributed by atoms with E-state index in [-0.39, 0.29) is 35.5 Å². The lowest BCUT2D eigenvalue weighted by Gasteiger charge is -2.08. The van der Waals surface area contributed by atoms with E-state index in [2.05, 4.69) is 15.5 Å². The van der Waals surface area contributed by atoms with Crippen LogP contribution in [0.2, 0.25) is 5.02 Å². The maximum absolute atomic E-state index is 12.1. The third-order valence-electron chi connectivity index (χ3n) is 2.99. The van der Waals surface area contributed by atoms with E-state index >= 15 is 0 Å². The summed E-state index contributed by atoms with van der Waals surface area (Å²) in [7, 11) is 0. The molecule has 0 radical (unpaired) electrons. The number of esters is 1. The van der Waals surface area contributed by atoms with E-state index in [9.17, 15) is 14.4 Å². The SMILES string of the molecule is CCOC(=O)Cc1nnc(SCC(=O)Nc2cccc(Cl)c2)n(N)c1=O. The predicted octanol–water partition coefficient (Wildman–Crippen LogP) is 0.842. The molecule has 0 spiro atoms. The lowest BCUT2D eigenvalue weighted by molar-refractivity contribution is -0.142. The van der Waals surface area contributed by atoms with Crippen LogP contribution in [0.5, 0.6) is 0 Å². The van der Waals surface area contributed by atoms with E-state index in [0.717, 1.165) is 16.4 Å². The van der Waals surface area contributed by atoms with Crippen molar-refractivity contribution in [2.24, 2.45) is 0 Å². The Hall–Kier alpha value is -2.59. The van der Waals surface area contributed by atoms with Gasteiger partial charge < -0.3 is 15.9 Å². The number of nitrogens with one attached hydrogen (secondary N) is 1. The average Bonchev–Trinajstić information content (AvgIpc) is 2.58. The summed E-state index contributed by atoms with van der Waals surface area (Å²) in [5.41, 5.74) is -0.256. The monoisotopic (exact) mass is 397 g/mol. The zero-order valence-corrected chi connectivity index (χ0v) is 15.3. The fourth-order valence-corrected chi connectivity index (χ4v) is 2.71. The van der Waals surface area contributed by atoms with Crippen LogP contribution >= 0.6 is 23.4 Å². The molecule has 1 amide bonds. The van der Waals surface area contributed by atoms with Crippen LogP contribution in [0.3, 0.4) is 0 Å². The topological polar surface area (TPSA) is 129 Å². The van der Waals surface area contributed by atoms with Crippen LogP contribution in [0.15, 0.2) is 34.2 Å². The van der Waals surface area contributed by atoms with Crippen molar-refractivity contribution in [2.45, 2.75) is 18.5 Å². The zero-order valence-electron chi connectivity index (χ0n) is 13.8. The first-order chi connectivity index (χ1) is 12.4. The molecule has 26 heavy (non-hydrogen) atoms. The lowest BCUT2D eigenvalue weighted by Crippen LogP contribution is -2.35. The molecule has 11 heteroatoms. The van der Waals surface area contributed by atoms with E-state index < -0.39 is 11.5 Å². The summed E-state index contributed by atoms with van der Waals surface area (Å²) in [5, 5.41) is 10.7. The summed E-state index contributed by atoms with van der Waals surface area (Å²) in [6, 6.07) is 6.69. The van der Waals surface area contributed by atoms with E-state index in [1.807, 2.05) is 0 Å². The van der Waals surface area contributed by atoms with E-state index in [1.54, 1.807) is 31.2 Å². The number of carbonyl (C=O) groups excluding carboxylic acids is 2. The van der Waals surface area contributed by atoms with Crippen molar-refractivity contribution in [1.82, 2.24) is 14.9 Å². The second-order valence-electron chi connectivity index (χ2n) is 4.93. The molecule has 9 nitrogen and oxygen atoms in total.